The van der Waals surface area contributed by atoms with Crippen molar-refractivity contribution in [2.45, 2.75) is 64.8 Å². The molecule has 4 fully saturated rings. The third kappa shape index (κ3) is 2.38. The van der Waals surface area contributed by atoms with Gasteiger partial charge in [0.25, 0.3) is 0 Å². The molecule has 0 heterocycles. The van der Waals surface area contributed by atoms with Crippen LogP contribution in [0.1, 0.15) is 58.8 Å². The molecule has 114 valence electrons. The highest BCUT2D eigenvalue weighted by Crippen LogP contribution is 2.60. The molecule has 0 aromatic heterocycles. The summed E-state index contributed by atoms with van der Waals surface area (Å²) in [5, 5.41) is 9.07. The monoisotopic (exact) mass is 279 g/mol. The number of aliphatic hydroxyl groups excluding tert-OH is 1. The Bertz CT molecular complexity index is 342. The first kappa shape index (κ1) is 14.4. The summed E-state index contributed by atoms with van der Waals surface area (Å²) in [6.07, 6.45) is 8.26. The zero-order chi connectivity index (χ0) is 14.3. The van der Waals surface area contributed by atoms with Crippen molar-refractivity contribution >= 4 is 5.91 Å². The molecule has 4 saturated carbocycles. The molecular weight excluding hydrogens is 250 g/mol. The minimum absolute atomic E-state index is 0.0333. The normalized spacial score (nSPS) is 38.5. The second kappa shape index (κ2) is 5.32. The summed E-state index contributed by atoms with van der Waals surface area (Å²) in [4.78, 5) is 15.2. The van der Waals surface area contributed by atoms with E-state index in [-0.39, 0.29) is 18.1 Å². The zero-order valence-electron chi connectivity index (χ0n) is 13.0. The lowest BCUT2D eigenvalue weighted by molar-refractivity contribution is -0.159. The average Bonchev–Trinajstić information content (AvgIpc) is 2.37. The summed E-state index contributed by atoms with van der Waals surface area (Å²) in [7, 11) is 0. The molecule has 4 bridgehead atoms. The molecule has 0 unspecified atom stereocenters. The van der Waals surface area contributed by atoms with E-state index < -0.39 is 0 Å². The van der Waals surface area contributed by atoms with Gasteiger partial charge in [-0.15, -0.1) is 0 Å². The van der Waals surface area contributed by atoms with Crippen LogP contribution < -0.4 is 0 Å². The van der Waals surface area contributed by atoms with Crippen molar-refractivity contribution < 1.29 is 9.90 Å². The zero-order valence-corrected chi connectivity index (χ0v) is 13.0. The third-order valence-electron chi connectivity index (χ3n) is 5.93. The van der Waals surface area contributed by atoms with Crippen LogP contribution in [0, 0.1) is 23.2 Å². The van der Waals surface area contributed by atoms with Crippen LogP contribution in [0.25, 0.3) is 0 Å². The van der Waals surface area contributed by atoms with Gasteiger partial charge in [0.2, 0.25) is 5.91 Å². The highest BCUT2D eigenvalue weighted by molar-refractivity contribution is 5.83. The van der Waals surface area contributed by atoms with Gasteiger partial charge in [0.15, 0.2) is 0 Å². The molecule has 1 amide bonds. The van der Waals surface area contributed by atoms with Crippen molar-refractivity contribution in [1.82, 2.24) is 4.90 Å². The largest absolute Gasteiger partial charge is 0.396 e. The van der Waals surface area contributed by atoms with E-state index in [2.05, 4.69) is 13.8 Å². The van der Waals surface area contributed by atoms with E-state index in [1.807, 2.05) is 4.90 Å². The van der Waals surface area contributed by atoms with E-state index in [4.69, 9.17) is 5.11 Å². The first-order valence-corrected chi connectivity index (χ1v) is 8.46. The van der Waals surface area contributed by atoms with Gasteiger partial charge in [0, 0.05) is 19.2 Å². The second-order valence-electron chi connectivity index (χ2n) is 7.87. The van der Waals surface area contributed by atoms with Crippen LogP contribution in [0.15, 0.2) is 0 Å². The number of nitrogens with zero attached hydrogens (tertiary/aromatic N) is 1. The number of carbonyl (C=O) groups is 1. The fraction of sp³-hybridized carbons (Fsp3) is 0.941. The standard InChI is InChI=1S/C17H29NO2/c1-12(2)18(4-3-5-19)16(20)17-9-13-6-14(10-17)8-15(7-13)11-17/h12-15,19H,3-11H2,1-2H3. The van der Waals surface area contributed by atoms with Crippen LogP contribution >= 0.6 is 0 Å². The first-order valence-electron chi connectivity index (χ1n) is 8.46. The summed E-state index contributed by atoms with van der Waals surface area (Å²) in [6.45, 7) is 5.11. The molecule has 4 rings (SSSR count). The van der Waals surface area contributed by atoms with Gasteiger partial charge in [0.1, 0.15) is 0 Å². The highest BCUT2D eigenvalue weighted by atomic mass is 16.3. The van der Waals surface area contributed by atoms with Gasteiger partial charge < -0.3 is 10.0 Å². The Balaban J connectivity index is 1.78. The molecule has 4 aliphatic carbocycles. The number of hydrogen-bond acceptors (Lipinski definition) is 2. The van der Waals surface area contributed by atoms with Gasteiger partial charge in [0.05, 0.1) is 5.41 Å². The van der Waals surface area contributed by atoms with Gasteiger partial charge in [-0.1, -0.05) is 0 Å². The smallest absolute Gasteiger partial charge is 0.229 e. The average molecular weight is 279 g/mol. The van der Waals surface area contributed by atoms with E-state index in [0.717, 1.165) is 43.6 Å². The topological polar surface area (TPSA) is 40.5 Å². The Morgan fingerprint density at radius 2 is 1.65 bits per heavy atom. The molecule has 1 N–H and O–H groups in total. The predicted molar refractivity (Wildman–Crippen MR) is 79.2 cm³/mol. The van der Waals surface area contributed by atoms with Crippen LogP contribution in [0.3, 0.4) is 0 Å². The molecule has 0 spiro atoms. The van der Waals surface area contributed by atoms with Gasteiger partial charge in [-0.25, -0.2) is 0 Å². The molecule has 4 aliphatic rings. The van der Waals surface area contributed by atoms with Crippen molar-refractivity contribution in [3.05, 3.63) is 0 Å². The molecule has 0 saturated heterocycles. The van der Waals surface area contributed by atoms with Gasteiger partial charge in [-0.05, 0) is 76.5 Å². The van der Waals surface area contributed by atoms with Gasteiger partial charge >= 0.3 is 0 Å². The summed E-state index contributed by atoms with van der Waals surface area (Å²) in [5.74, 6) is 2.85. The molecule has 20 heavy (non-hydrogen) atoms. The number of hydrogen-bond donors (Lipinski definition) is 1. The van der Waals surface area contributed by atoms with Crippen molar-refractivity contribution in [2.75, 3.05) is 13.2 Å². The van der Waals surface area contributed by atoms with E-state index >= 15 is 0 Å². The number of amides is 1. The van der Waals surface area contributed by atoms with Crippen molar-refractivity contribution in [3.63, 3.8) is 0 Å². The number of aliphatic hydroxyl groups is 1. The predicted octanol–water partition coefficient (Wildman–Crippen LogP) is 2.82. The molecule has 0 aromatic rings. The van der Waals surface area contributed by atoms with E-state index in [9.17, 15) is 4.79 Å². The Labute approximate surface area is 122 Å². The van der Waals surface area contributed by atoms with Crippen LogP contribution in [0.5, 0.6) is 0 Å². The van der Waals surface area contributed by atoms with Crippen LogP contribution in [-0.4, -0.2) is 35.1 Å². The maximum absolute atomic E-state index is 13.2. The minimum atomic E-state index is -0.0333. The lowest BCUT2D eigenvalue weighted by atomic mass is 9.49. The Morgan fingerprint density at radius 3 is 2.05 bits per heavy atom. The van der Waals surface area contributed by atoms with Gasteiger partial charge in [-0.3, -0.25) is 4.79 Å². The summed E-state index contributed by atoms with van der Waals surface area (Å²) in [5.41, 5.74) is -0.0333. The van der Waals surface area contributed by atoms with E-state index in [1.54, 1.807) is 0 Å². The van der Waals surface area contributed by atoms with Crippen molar-refractivity contribution in [2.24, 2.45) is 23.2 Å². The summed E-state index contributed by atoms with van der Waals surface area (Å²) >= 11 is 0. The molecule has 0 aliphatic heterocycles. The Kier molecular flexibility index (Phi) is 3.83. The van der Waals surface area contributed by atoms with Crippen molar-refractivity contribution in [1.29, 1.82) is 0 Å². The SMILES string of the molecule is CC(C)N(CCCO)C(=O)C12CC3CC(CC(C3)C1)C2. The lowest BCUT2D eigenvalue weighted by Gasteiger charge is -2.57. The van der Waals surface area contributed by atoms with Crippen LogP contribution in [-0.2, 0) is 4.79 Å². The molecule has 0 radical (unpaired) electrons. The third-order valence-corrected chi connectivity index (χ3v) is 5.93. The molecule has 3 heteroatoms. The number of rotatable bonds is 5. The first-order chi connectivity index (χ1) is 9.54. The van der Waals surface area contributed by atoms with E-state index in [0.29, 0.717) is 12.3 Å². The summed E-state index contributed by atoms with van der Waals surface area (Å²) in [6, 6.07) is 0.252. The summed E-state index contributed by atoms with van der Waals surface area (Å²) < 4.78 is 0. The van der Waals surface area contributed by atoms with Crippen LogP contribution in [0.4, 0.5) is 0 Å². The van der Waals surface area contributed by atoms with E-state index in [1.165, 1.54) is 19.3 Å². The second-order valence-corrected chi connectivity index (χ2v) is 7.87. The highest BCUT2D eigenvalue weighted by Gasteiger charge is 2.55. The van der Waals surface area contributed by atoms with Crippen LogP contribution in [0.2, 0.25) is 0 Å². The molecule has 0 aromatic carbocycles. The fourth-order valence-corrected chi connectivity index (χ4v) is 5.51. The fourth-order valence-electron chi connectivity index (χ4n) is 5.51. The molecular formula is C17H29NO2. The molecule has 3 nitrogen and oxygen atoms in total. The molecule has 0 atom stereocenters. The lowest BCUT2D eigenvalue weighted by Crippen LogP contribution is -2.56. The Morgan fingerprint density at radius 1 is 1.15 bits per heavy atom. The Hall–Kier alpha value is -0.570. The minimum Gasteiger partial charge on any atom is -0.396 e. The maximum Gasteiger partial charge on any atom is 0.229 e. The number of carbonyl (C=O) groups excluding carboxylic acids is 1. The van der Waals surface area contributed by atoms with Crippen molar-refractivity contribution in [3.8, 4) is 0 Å². The maximum atomic E-state index is 13.2. The van der Waals surface area contributed by atoms with Gasteiger partial charge in [-0.2, -0.15) is 0 Å². The quantitative estimate of drug-likeness (QED) is 0.840.